The number of hydrogen-bond acceptors (Lipinski definition) is 5. The van der Waals surface area contributed by atoms with Crippen molar-refractivity contribution < 1.29 is 4.79 Å². The van der Waals surface area contributed by atoms with Gasteiger partial charge in [-0.3, -0.25) is 14.5 Å². The molecule has 0 spiro atoms. The number of benzene rings is 1. The van der Waals surface area contributed by atoms with Crippen molar-refractivity contribution in [1.82, 2.24) is 20.2 Å². The van der Waals surface area contributed by atoms with E-state index in [9.17, 15) is 9.59 Å². The molecule has 1 aliphatic heterocycles. The molecule has 0 aliphatic carbocycles. The average molecular weight is 397 g/mol. The fourth-order valence-electron chi connectivity index (χ4n) is 3.70. The summed E-state index contributed by atoms with van der Waals surface area (Å²) in [5.41, 5.74) is 1.56. The maximum atomic E-state index is 12.4. The number of para-hydroxylation sites is 1. The Bertz CT molecular complexity index is 1010. The minimum atomic E-state index is -0.376. The summed E-state index contributed by atoms with van der Waals surface area (Å²) in [5.74, 6) is 0.312. The molecule has 1 aromatic carbocycles. The first-order chi connectivity index (χ1) is 13.6. The Labute approximate surface area is 167 Å². The Morgan fingerprint density at radius 2 is 2.18 bits per heavy atom. The number of hydrogen-bond donors (Lipinski definition) is 2. The van der Waals surface area contributed by atoms with Gasteiger partial charge in [0.2, 0.25) is 0 Å². The Morgan fingerprint density at radius 3 is 2.96 bits per heavy atom. The van der Waals surface area contributed by atoms with E-state index in [4.69, 9.17) is 0 Å². The zero-order chi connectivity index (χ0) is 19.5. The van der Waals surface area contributed by atoms with Crippen molar-refractivity contribution in [2.75, 3.05) is 13.1 Å². The number of aromatic amines is 1. The number of carbonyl (C=O) groups excluding carboxylic acids is 1. The molecule has 6 nitrogen and oxygen atoms in total. The molecular formula is C21H24N4O2S. The normalized spacial score (nSPS) is 17.7. The van der Waals surface area contributed by atoms with E-state index >= 15 is 0 Å². The number of pyridine rings is 1. The van der Waals surface area contributed by atoms with Gasteiger partial charge in [0.05, 0.1) is 16.8 Å². The third-order valence-corrected chi connectivity index (χ3v) is 6.12. The van der Waals surface area contributed by atoms with E-state index in [-0.39, 0.29) is 17.0 Å². The fourth-order valence-corrected chi connectivity index (χ4v) is 4.61. The standard InChI is InChI=1S/C21H24N4O2S/c1-14-5-4-10-25(12-14)13-15-8-9-16(21(27)23-15)20(26)22-11-19-24-17-6-2-3-7-18(17)28-19/h2-3,6-9,14H,4-5,10-13H2,1H3,(H,22,26)(H,23,27). The van der Waals surface area contributed by atoms with Crippen LogP contribution in [0.2, 0.25) is 0 Å². The van der Waals surface area contributed by atoms with Crippen LogP contribution in [0.1, 0.15) is 40.8 Å². The highest BCUT2D eigenvalue weighted by molar-refractivity contribution is 7.18. The van der Waals surface area contributed by atoms with E-state index in [1.807, 2.05) is 30.3 Å². The van der Waals surface area contributed by atoms with Crippen LogP contribution >= 0.6 is 11.3 Å². The summed E-state index contributed by atoms with van der Waals surface area (Å²) in [6.45, 7) is 5.38. The van der Waals surface area contributed by atoms with Gasteiger partial charge in [-0.2, -0.15) is 0 Å². The summed E-state index contributed by atoms with van der Waals surface area (Å²) < 4.78 is 1.08. The molecule has 3 heterocycles. The van der Waals surface area contributed by atoms with Crippen LogP contribution in [-0.4, -0.2) is 33.9 Å². The number of likely N-dealkylation sites (tertiary alicyclic amines) is 1. The summed E-state index contributed by atoms with van der Waals surface area (Å²) in [6, 6.07) is 11.3. The molecule has 3 aromatic rings. The lowest BCUT2D eigenvalue weighted by atomic mass is 10.0. The van der Waals surface area contributed by atoms with Crippen LogP contribution in [0.25, 0.3) is 10.2 Å². The van der Waals surface area contributed by atoms with Crippen molar-refractivity contribution >= 4 is 27.5 Å². The van der Waals surface area contributed by atoms with Gasteiger partial charge in [-0.15, -0.1) is 11.3 Å². The molecule has 1 unspecified atom stereocenters. The maximum Gasteiger partial charge on any atom is 0.261 e. The number of fused-ring (bicyclic) bond motifs is 1. The number of H-pyrrole nitrogens is 1. The molecule has 28 heavy (non-hydrogen) atoms. The number of amides is 1. The van der Waals surface area contributed by atoms with E-state index in [2.05, 4.69) is 27.1 Å². The lowest BCUT2D eigenvalue weighted by Crippen LogP contribution is -2.35. The van der Waals surface area contributed by atoms with Crippen molar-refractivity contribution in [2.45, 2.75) is 32.9 Å². The molecule has 0 radical (unpaired) electrons. The van der Waals surface area contributed by atoms with Crippen molar-refractivity contribution in [3.63, 3.8) is 0 Å². The molecular weight excluding hydrogens is 372 g/mol. The van der Waals surface area contributed by atoms with E-state index in [0.717, 1.165) is 34.0 Å². The molecule has 2 N–H and O–H groups in total. The van der Waals surface area contributed by atoms with Gasteiger partial charge < -0.3 is 10.3 Å². The van der Waals surface area contributed by atoms with E-state index in [1.165, 1.54) is 12.8 Å². The molecule has 4 rings (SSSR count). The quantitative estimate of drug-likeness (QED) is 0.694. The molecule has 0 saturated carbocycles. The Balaban J connectivity index is 1.39. The highest BCUT2D eigenvalue weighted by Crippen LogP contribution is 2.21. The number of nitrogens with one attached hydrogen (secondary N) is 2. The number of nitrogens with zero attached hydrogens (tertiary/aromatic N) is 2. The molecule has 1 saturated heterocycles. The average Bonchev–Trinajstić information content (AvgIpc) is 3.09. The van der Waals surface area contributed by atoms with Crippen molar-refractivity contribution in [1.29, 1.82) is 0 Å². The summed E-state index contributed by atoms with van der Waals surface area (Å²) in [7, 11) is 0. The molecule has 1 fully saturated rings. The smallest absolute Gasteiger partial charge is 0.261 e. The van der Waals surface area contributed by atoms with Crippen LogP contribution in [0.4, 0.5) is 0 Å². The third-order valence-electron chi connectivity index (χ3n) is 5.09. The predicted octanol–water partition coefficient (Wildman–Crippen LogP) is 3.15. The first kappa shape index (κ1) is 18.8. The molecule has 2 aromatic heterocycles. The Hall–Kier alpha value is -2.51. The van der Waals surface area contributed by atoms with Gasteiger partial charge in [-0.25, -0.2) is 4.98 Å². The van der Waals surface area contributed by atoms with Gasteiger partial charge in [0.25, 0.3) is 11.5 Å². The van der Waals surface area contributed by atoms with Crippen LogP contribution in [0.3, 0.4) is 0 Å². The lowest BCUT2D eigenvalue weighted by Gasteiger charge is -2.30. The maximum absolute atomic E-state index is 12.4. The van der Waals surface area contributed by atoms with Crippen LogP contribution < -0.4 is 10.9 Å². The van der Waals surface area contributed by atoms with Gasteiger partial charge in [0.15, 0.2) is 0 Å². The first-order valence-electron chi connectivity index (χ1n) is 9.65. The molecule has 1 atom stereocenters. The number of thiazole rings is 1. The van der Waals surface area contributed by atoms with Crippen molar-refractivity contribution in [3.8, 4) is 0 Å². The van der Waals surface area contributed by atoms with Crippen molar-refractivity contribution in [3.05, 3.63) is 63.0 Å². The van der Waals surface area contributed by atoms with Gasteiger partial charge >= 0.3 is 0 Å². The molecule has 146 valence electrons. The topological polar surface area (TPSA) is 78.1 Å². The highest BCUT2D eigenvalue weighted by atomic mass is 32.1. The third kappa shape index (κ3) is 4.31. The minimum absolute atomic E-state index is 0.136. The second-order valence-electron chi connectivity index (χ2n) is 7.47. The number of piperidine rings is 1. The number of rotatable bonds is 5. The summed E-state index contributed by atoms with van der Waals surface area (Å²) >= 11 is 1.54. The predicted molar refractivity (Wildman–Crippen MR) is 112 cm³/mol. The van der Waals surface area contributed by atoms with Gasteiger partial charge in [-0.05, 0) is 49.6 Å². The van der Waals surface area contributed by atoms with Gasteiger partial charge in [0.1, 0.15) is 10.6 Å². The fraction of sp³-hybridized carbons (Fsp3) is 0.381. The molecule has 7 heteroatoms. The number of aromatic nitrogens is 2. The van der Waals surface area contributed by atoms with Crippen molar-refractivity contribution in [2.24, 2.45) is 5.92 Å². The second kappa shape index (κ2) is 8.24. The van der Waals surface area contributed by atoms with Gasteiger partial charge in [0, 0.05) is 18.8 Å². The Kier molecular flexibility index (Phi) is 5.54. The highest BCUT2D eigenvalue weighted by Gasteiger charge is 2.17. The summed E-state index contributed by atoms with van der Waals surface area (Å²) in [6.07, 6.45) is 2.46. The largest absolute Gasteiger partial charge is 0.345 e. The zero-order valence-corrected chi connectivity index (χ0v) is 16.7. The monoisotopic (exact) mass is 396 g/mol. The van der Waals surface area contributed by atoms with E-state index < -0.39 is 0 Å². The molecule has 1 amide bonds. The van der Waals surface area contributed by atoms with E-state index in [0.29, 0.717) is 19.0 Å². The SMILES string of the molecule is CC1CCCN(Cc2ccc(C(=O)NCc3nc4ccccc4s3)c(=O)[nH]2)C1. The lowest BCUT2D eigenvalue weighted by molar-refractivity contribution is 0.0949. The van der Waals surface area contributed by atoms with Crippen LogP contribution in [0.15, 0.2) is 41.2 Å². The first-order valence-corrected chi connectivity index (χ1v) is 10.5. The Morgan fingerprint density at radius 1 is 1.32 bits per heavy atom. The molecule has 1 aliphatic rings. The minimum Gasteiger partial charge on any atom is -0.345 e. The van der Waals surface area contributed by atoms with Crippen LogP contribution in [0.5, 0.6) is 0 Å². The van der Waals surface area contributed by atoms with Crippen LogP contribution in [0, 0.1) is 5.92 Å². The van der Waals surface area contributed by atoms with E-state index in [1.54, 1.807) is 17.4 Å². The zero-order valence-electron chi connectivity index (χ0n) is 15.9. The van der Waals surface area contributed by atoms with Gasteiger partial charge in [-0.1, -0.05) is 19.1 Å². The summed E-state index contributed by atoms with van der Waals surface area (Å²) in [4.78, 5) is 34.5. The molecule has 0 bridgehead atoms. The number of carbonyl (C=O) groups is 1. The summed E-state index contributed by atoms with van der Waals surface area (Å²) in [5, 5.41) is 3.62. The van der Waals surface area contributed by atoms with Crippen LogP contribution in [-0.2, 0) is 13.1 Å². The second-order valence-corrected chi connectivity index (χ2v) is 8.58.